The average molecular weight is 374 g/mol. The fourth-order valence-electron chi connectivity index (χ4n) is 5.00. The Bertz CT molecular complexity index is 1400. The van der Waals surface area contributed by atoms with Gasteiger partial charge in [0.2, 0.25) is 0 Å². The van der Waals surface area contributed by atoms with Crippen molar-refractivity contribution in [3.05, 3.63) is 107 Å². The zero-order valence-electron chi connectivity index (χ0n) is 16.7. The van der Waals surface area contributed by atoms with Crippen LogP contribution in [0.25, 0.3) is 33.1 Å². The van der Waals surface area contributed by atoms with Crippen LogP contribution in [0.15, 0.2) is 89.3 Å². The van der Waals surface area contributed by atoms with Crippen molar-refractivity contribution in [3.8, 4) is 11.1 Å². The zero-order valence-corrected chi connectivity index (χ0v) is 16.7. The summed E-state index contributed by atoms with van der Waals surface area (Å²) in [7, 11) is 0. The highest BCUT2D eigenvalue weighted by atomic mass is 16.3. The largest absolute Gasteiger partial charge is 0.456 e. The monoisotopic (exact) mass is 374 g/mol. The second kappa shape index (κ2) is 5.84. The van der Waals surface area contributed by atoms with E-state index in [4.69, 9.17) is 4.42 Å². The molecule has 0 spiro atoms. The van der Waals surface area contributed by atoms with Crippen LogP contribution in [0.4, 0.5) is 0 Å². The Morgan fingerprint density at radius 2 is 1.31 bits per heavy atom. The van der Waals surface area contributed by atoms with Crippen molar-refractivity contribution in [2.45, 2.75) is 25.7 Å². The summed E-state index contributed by atoms with van der Waals surface area (Å²) in [5, 5.41) is 2.39. The molecule has 4 aromatic carbocycles. The standard InChI is InChI=1S/C28H22O/c1-28(2)24-9-5-3-7-20(24)22-16-18(11-13-25(22)28)15-19-12-14-27-23(17-19)21-8-4-6-10-26(21)29-27/h3-14,16-17H,15H2,1-2H3. The Balaban J connectivity index is 1.43. The number of furan rings is 1. The molecule has 0 fully saturated rings. The van der Waals surface area contributed by atoms with Gasteiger partial charge < -0.3 is 4.42 Å². The summed E-state index contributed by atoms with van der Waals surface area (Å²) in [6.45, 7) is 4.66. The Labute approximate surface area is 170 Å². The van der Waals surface area contributed by atoms with E-state index < -0.39 is 0 Å². The van der Waals surface area contributed by atoms with Crippen LogP contribution in [0.3, 0.4) is 0 Å². The third-order valence-corrected chi connectivity index (χ3v) is 6.50. The molecule has 0 saturated heterocycles. The minimum atomic E-state index is 0.0685. The van der Waals surface area contributed by atoms with E-state index in [2.05, 4.69) is 86.6 Å². The lowest BCUT2D eigenvalue weighted by Gasteiger charge is -2.21. The molecule has 0 radical (unpaired) electrons. The highest BCUT2D eigenvalue weighted by Crippen LogP contribution is 2.48. The fraction of sp³-hybridized carbons (Fsp3) is 0.143. The van der Waals surface area contributed by atoms with E-state index in [1.54, 1.807) is 0 Å². The van der Waals surface area contributed by atoms with Crippen LogP contribution in [0.5, 0.6) is 0 Å². The van der Waals surface area contributed by atoms with Crippen LogP contribution in [-0.4, -0.2) is 0 Å². The van der Waals surface area contributed by atoms with Crippen molar-refractivity contribution in [2.75, 3.05) is 0 Å². The first-order chi connectivity index (χ1) is 14.1. The Hall–Kier alpha value is -3.32. The van der Waals surface area contributed by atoms with E-state index in [1.807, 2.05) is 12.1 Å². The van der Waals surface area contributed by atoms with Gasteiger partial charge >= 0.3 is 0 Å². The van der Waals surface area contributed by atoms with Crippen LogP contribution in [0.1, 0.15) is 36.1 Å². The highest BCUT2D eigenvalue weighted by molar-refractivity contribution is 6.05. The molecule has 0 amide bonds. The van der Waals surface area contributed by atoms with E-state index in [0.29, 0.717) is 0 Å². The number of fused-ring (bicyclic) bond motifs is 6. The summed E-state index contributed by atoms with van der Waals surface area (Å²) in [6.07, 6.45) is 0.922. The summed E-state index contributed by atoms with van der Waals surface area (Å²) in [6, 6.07) is 30.7. The molecule has 0 unspecified atom stereocenters. The predicted molar refractivity (Wildman–Crippen MR) is 121 cm³/mol. The molecule has 1 aliphatic rings. The molecule has 1 aromatic heterocycles. The van der Waals surface area contributed by atoms with Gasteiger partial charge in [-0.25, -0.2) is 0 Å². The topological polar surface area (TPSA) is 13.1 Å². The fourth-order valence-corrected chi connectivity index (χ4v) is 5.00. The van der Waals surface area contributed by atoms with Gasteiger partial charge in [0.25, 0.3) is 0 Å². The van der Waals surface area contributed by atoms with Crippen LogP contribution in [-0.2, 0) is 11.8 Å². The molecule has 0 saturated carbocycles. The summed E-state index contributed by atoms with van der Waals surface area (Å²) in [5.74, 6) is 0. The van der Waals surface area contributed by atoms with Gasteiger partial charge in [-0.15, -0.1) is 0 Å². The van der Waals surface area contributed by atoms with Gasteiger partial charge in [0.05, 0.1) is 0 Å². The zero-order chi connectivity index (χ0) is 19.6. The second-order valence-electron chi connectivity index (χ2n) is 8.66. The molecule has 29 heavy (non-hydrogen) atoms. The molecule has 140 valence electrons. The van der Waals surface area contributed by atoms with Crippen molar-refractivity contribution in [3.63, 3.8) is 0 Å². The lowest BCUT2D eigenvalue weighted by Crippen LogP contribution is -2.14. The molecular weight excluding hydrogens is 352 g/mol. The van der Waals surface area contributed by atoms with Gasteiger partial charge in [0, 0.05) is 16.2 Å². The third kappa shape index (κ3) is 2.40. The van der Waals surface area contributed by atoms with E-state index in [-0.39, 0.29) is 5.41 Å². The SMILES string of the molecule is CC1(C)c2ccccc2-c2cc(Cc3ccc4oc5ccccc5c4c3)ccc21. The van der Waals surface area contributed by atoms with Gasteiger partial charge in [-0.3, -0.25) is 0 Å². The number of benzene rings is 4. The summed E-state index contributed by atoms with van der Waals surface area (Å²) >= 11 is 0. The van der Waals surface area contributed by atoms with Crippen molar-refractivity contribution in [1.82, 2.24) is 0 Å². The van der Waals surface area contributed by atoms with E-state index in [1.165, 1.54) is 44.2 Å². The molecule has 1 nitrogen and oxygen atoms in total. The summed E-state index contributed by atoms with van der Waals surface area (Å²) in [4.78, 5) is 0. The minimum Gasteiger partial charge on any atom is -0.456 e. The molecule has 0 bridgehead atoms. The predicted octanol–water partition coefficient (Wildman–Crippen LogP) is 7.48. The van der Waals surface area contributed by atoms with Crippen LogP contribution in [0, 0.1) is 0 Å². The normalized spacial score (nSPS) is 14.3. The third-order valence-electron chi connectivity index (χ3n) is 6.50. The second-order valence-corrected chi connectivity index (χ2v) is 8.66. The summed E-state index contributed by atoms with van der Waals surface area (Å²) < 4.78 is 5.98. The minimum absolute atomic E-state index is 0.0685. The maximum absolute atomic E-state index is 5.98. The maximum Gasteiger partial charge on any atom is 0.135 e. The van der Waals surface area contributed by atoms with Crippen molar-refractivity contribution in [2.24, 2.45) is 0 Å². The lowest BCUT2D eigenvalue weighted by atomic mass is 9.82. The first-order valence-corrected chi connectivity index (χ1v) is 10.2. The van der Waals surface area contributed by atoms with Crippen LogP contribution in [0.2, 0.25) is 0 Å². The van der Waals surface area contributed by atoms with Gasteiger partial charge in [0.15, 0.2) is 0 Å². The van der Waals surface area contributed by atoms with E-state index in [9.17, 15) is 0 Å². The van der Waals surface area contributed by atoms with Gasteiger partial charge in [-0.05, 0) is 58.0 Å². The molecule has 6 rings (SSSR count). The maximum atomic E-state index is 5.98. The Morgan fingerprint density at radius 3 is 2.24 bits per heavy atom. The molecule has 0 N–H and O–H groups in total. The molecule has 1 heteroatoms. The average Bonchev–Trinajstić information content (AvgIpc) is 3.21. The molecule has 5 aromatic rings. The van der Waals surface area contributed by atoms with Crippen LogP contribution < -0.4 is 0 Å². The molecule has 0 atom stereocenters. The van der Waals surface area contributed by atoms with Gasteiger partial charge in [-0.1, -0.05) is 80.6 Å². The number of para-hydroxylation sites is 1. The summed E-state index contributed by atoms with van der Waals surface area (Å²) in [5.41, 5.74) is 10.3. The quantitative estimate of drug-likeness (QED) is 0.312. The van der Waals surface area contributed by atoms with Gasteiger partial charge in [-0.2, -0.15) is 0 Å². The molecule has 0 aliphatic heterocycles. The Morgan fingerprint density at radius 1 is 0.621 bits per heavy atom. The lowest BCUT2D eigenvalue weighted by molar-refractivity contribution is 0.660. The highest BCUT2D eigenvalue weighted by Gasteiger charge is 2.34. The number of hydrogen-bond acceptors (Lipinski definition) is 1. The number of rotatable bonds is 2. The number of hydrogen-bond donors (Lipinski definition) is 0. The first kappa shape index (κ1) is 16.6. The van der Waals surface area contributed by atoms with Crippen molar-refractivity contribution >= 4 is 21.9 Å². The molecule has 1 heterocycles. The van der Waals surface area contributed by atoms with Crippen LogP contribution >= 0.6 is 0 Å². The Kier molecular flexibility index (Phi) is 3.35. The van der Waals surface area contributed by atoms with Crippen molar-refractivity contribution in [1.29, 1.82) is 0 Å². The molecular formula is C28H22O. The molecule has 1 aliphatic carbocycles. The van der Waals surface area contributed by atoms with E-state index >= 15 is 0 Å². The smallest absolute Gasteiger partial charge is 0.135 e. The first-order valence-electron chi connectivity index (χ1n) is 10.2. The van der Waals surface area contributed by atoms with Gasteiger partial charge in [0.1, 0.15) is 11.2 Å². The van der Waals surface area contributed by atoms with E-state index in [0.717, 1.165) is 17.6 Å². The van der Waals surface area contributed by atoms with Crippen molar-refractivity contribution < 1.29 is 4.42 Å².